The number of hydrogen-bond acceptors (Lipinski definition) is 7. The standard InChI is InChI=1S/C32H32N8.O.V/c1-29(2)25-36-23-19-15-11-9-13-17(19)21(34-23)33-22-18-14-10-12-16-20(18)24(35-22)37-26-30(3,4)32(7,8)28(39-26)40-27(38-25)31(29,5)6;;/h9-16H,1-8H3;;/q-2;;+2. The Morgan fingerprint density at radius 2 is 0.952 bits per heavy atom. The molecule has 0 radical (unpaired) electrons. The molecule has 3 aliphatic rings. The van der Waals surface area contributed by atoms with Gasteiger partial charge in [0.1, 0.15) is 0 Å². The topological polar surface area (TPSA) is 123 Å². The van der Waals surface area contributed by atoms with Gasteiger partial charge in [0.15, 0.2) is 0 Å². The molecule has 0 saturated carbocycles. The molecule has 42 heavy (non-hydrogen) atoms. The van der Waals surface area contributed by atoms with Crippen LogP contribution in [0.2, 0.25) is 0 Å². The molecule has 0 saturated heterocycles. The van der Waals surface area contributed by atoms with Gasteiger partial charge in [-0.05, 0) is 22.4 Å². The first kappa shape index (κ1) is 28.3. The van der Waals surface area contributed by atoms with Crippen LogP contribution in [-0.2, 0) is 42.7 Å². The van der Waals surface area contributed by atoms with E-state index in [2.05, 4.69) is 55.4 Å². The van der Waals surface area contributed by atoms with E-state index in [0.29, 0.717) is 46.2 Å². The third kappa shape index (κ3) is 3.83. The van der Waals surface area contributed by atoms with E-state index in [1.54, 1.807) is 0 Å². The number of rotatable bonds is 0. The van der Waals surface area contributed by atoms with Crippen molar-refractivity contribution in [3.8, 4) is 22.8 Å². The van der Waals surface area contributed by atoms with Crippen LogP contribution in [0.4, 0.5) is 0 Å². The van der Waals surface area contributed by atoms with Crippen molar-refractivity contribution >= 4 is 22.1 Å². The van der Waals surface area contributed by atoms with E-state index in [9.17, 15) is 0 Å². The van der Waals surface area contributed by atoms with Crippen molar-refractivity contribution in [2.24, 2.45) is 0 Å². The van der Waals surface area contributed by atoms with Crippen LogP contribution in [0.25, 0.3) is 44.8 Å². The zero-order valence-electron chi connectivity index (χ0n) is 25.1. The summed E-state index contributed by atoms with van der Waals surface area (Å²) >= 11 is 1.06. The van der Waals surface area contributed by atoms with Gasteiger partial charge in [0, 0.05) is 44.1 Å². The van der Waals surface area contributed by atoms with Crippen molar-refractivity contribution in [2.45, 2.75) is 77.0 Å². The fourth-order valence-electron chi connectivity index (χ4n) is 5.47. The van der Waals surface area contributed by atoms with Crippen LogP contribution in [0.5, 0.6) is 0 Å². The summed E-state index contributed by atoms with van der Waals surface area (Å²) in [5.41, 5.74) is 1.44. The molecule has 5 heterocycles. The molecule has 8 bridgehead atoms. The summed E-state index contributed by atoms with van der Waals surface area (Å²) in [6, 6.07) is 16.1. The molecule has 9 nitrogen and oxygen atoms in total. The molecule has 7 rings (SSSR count). The molecule has 10 heteroatoms. The predicted molar refractivity (Wildman–Crippen MR) is 156 cm³/mol. The zero-order chi connectivity index (χ0) is 30.2. The first-order chi connectivity index (χ1) is 19.8. The number of hydrogen-bond donors (Lipinski definition) is 0. The van der Waals surface area contributed by atoms with E-state index in [0.717, 1.165) is 39.3 Å². The van der Waals surface area contributed by atoms with Gasteiger partial charge >= 0.3 is 21.0 Å². The predicted octanol–water partition coefficient (Wildman–Crippen LogP) is 5.75. The Bertz CT molecular complexity index is 1950. The molecular weight excluding hydrogens is 563 g/mol. The van der Waals surface area contributed by atoms with Gasteiger partial charge in [-0.2, -0.15) is 0 Å². The average Bonchev–Trinajstić information content (AvgIpc) is 3.58. The molecule has 0 fully saturated rings. The molecule has 2 aromatic heterocycles. The van der Waals surface area contributed by atoms with E-state index in [-0.39, 0.29) is 0 Å². The molecule has 0 aliphatic carbocycles. The molecular formula is C32H32N8OV. The van der Waals surface area contributed by atoms with Crippen LogP contribution in [0.15, 0.2) is 48.5 Å². The summed E-state index contributed by atoms with van der Waals surface area (Å²) in [6.45, 7) is 17.4. The Balaban J connectivity index is 0.00000155. The second kappa shape index (κ2) is 9.34. The van der Waals surface area contributed by atoms with Crippen molar-refractivity contribution in [3.63, 3.8) is 0 Å². The second-order valence-corrected chi connectivity index (χ2v) is 13.1. The van der Waals surface area contributed by atoms with Crippen LogP contribution >= 0.6 is 0 Å². The van der Waals surface area contributed by atoms with Crippen LogP contribution in [0.1, 0.15) is 78.7 Å². The summed E-state index contributed by atoms with van der Waals surface area (Å²) in [5.74, 6) is 4.00. The van der Waals surface area contributed by atoms with Crippen LogP contribution in [0, 0.1) is 0 Å². The van der Waals surface area contributed by atoms with Crippen molar-refractivity contribution in [3.05, 3.63) is 71.8 Å². The molecule has 0 unspecified atom stereocenters. The Kier molecular flexibility index (Phi) is 6.30. The minimum atomic E-state index is -0.398. The molecule has 0 spiro atoms. The van der Waals surface area contributed by atoms with E-state index in [4.69, 9.17) is 43.5 Å². The summed E-state index contributed by atoms with van der Waals surface area (Å²) in [4.78, 5) is 40.2. The molecule has 0 N–H and O–H groups in total. The third-order valence-corrected chi connectivity index (χ3v) is 9.87. The van der Waals surface area contributed by atoms with Crippen molar-refractivity contribution < 1.29 is 21.0 Å². The van der Waals surface area contributed by atoms with Crippen molar-refractivity contribution in [1.82, 2.24) is 39.9 Å². The van der Waals surface area contributed by atoms with E-state index >= 15 is 0 Å². The van der Waals surface area contributed by atoms with Gasteiger partial charge in [-0.1, -0.05) is 104 Å². The fourth-order valence-corrected chi connectivity index (χ4v) is 5.47. The van der Waals surface area contributed by atoms with Gasteiger partial charge in [0.05, 0.1) is 23.3 Å². The summed E-state index contributed by atoms with van der Waals surface area (Å²) in [7, 11) is 0. The van der Waals surface area contributed by atoms with Crippen molar-refractivity contribution in [2.75, 3.05) is 0 Å². The Hall–Kier alpha value is -3.82. The number of fused-ring (bicyclic) bond motifs is 14. The minimum absolute atomic E-state index is 0.393. The quantitative estimate of drug-likeness (QED) is 0.220. The summed E-state index contributed by atoms with van der Waals surface area (Å²) in [6.07, 6.45) is 0. The van der Waals surface area contributed by atoms with Gasteiger partial charge in [-0.25, -0.2) is 4.98 Å². The van der Waals surface area contributed by atoms with Gasteiger partial charge in [-0.15, -0.1) is 0 Å². The fraction of sp³-hybridized carbons (Fsp3) is 0.375. The first-order valence-electron chi connectivity index (χ1n) is 13.9. The zero-order valence-corrected chi connectivity index (χ0v) is 26.4. The van der Waals surface area contributed by atoms with Crippen molar-refractivity contribution in [1.29, 1.82) is 0 Å². The first-order valence-corrected chi connectivity index (χ1v) is 14.5. The average molecular weight is 596 g/mol. The third-order valence-electron chi connectivity index (χ3n) is 9.87. The maximum atomic E-state index is 8.19. The SMILES string of the molecule is CC1(C)c2nc(nc3[n-]c(nc4nc(nc5[n-]c(n2)C(C)(C)C5(C)C)-c2ccccc2-4)c2ccccc32)C1(C)C.[O]=[V+2]. The Morgan fingerprint density at radius 1 is 0.500 bits per heavy atom. The maximum absolute atomic E-state index is 8.19. The summed E-state index contributed by atoms with van der Waals surface area (Å²) in [5, 5.41) is 1.84. The van der Waals surface area contributed by atoms with E-state index in [1.165, 1.54) is 0 Å². The second-order valence-electron chi connectivity index (χ2n) is 13.1. The number of nitrogens with zero attached hydrogens (tertiary/aromatic N) is 8. The van der Waals surface area contributed by atoms with E-state index in [1.807, 2.05) is 48.5 Å². The normalized spacial score (nSPS) is 18.0. The molecule has 4 aromatic rings. The molecule has 3 aliphatic heterocycles. The van der Waals surface area contributed by atoms with Gasteiger partial charge < -0.3 is 29.9 Å². The van der Waals surface area contributed by atoms with Crippen LogP contribution in [0.3, 0.4) is 0 Å². The Labute approximate surface area is 254 Å². The Morgan fingerprint density at radius 3 is 1.52 bits per heavy atom. The number of aromatic nitrogens is 8. The van der Waals surface area contributed by atoms with Gasteiger partial charge in [0.25, 0.3) is 0 Å². The number of benzene rings is 2. The van der Waals surface area contributed by atoms with Crippen LogP contribution < -0.4 is 9.97 Å². The molecule has 0 amide bonds. The van der Waals surface area contributed by atoms with Crippen LogP contribution in [-0.4, -0.2) is 29.9 Å². The molecule has 0 atom stereocenters. The van der Waals surface area contributed by atoms with Gasteiger partial charge in [-0.3, -0.25) is 4.98 Å². The molecule has 2 aromatic carbocycles. The van der Waals surface area contributed by atoms with Gasteiger partial charge in [0.2, 0.25) is 0 Å². The monoisotopic (exact) mass is 595 g/mol. The summed E-state index contributed by atoms with van der Waals surface area (Å²) < 4.78 is 8.19. The van der Waals surface area contributed by atoms with E-state index < -0.39 is 21.7 Å². The molecule has 211 valence electrons.